The minimum atomic E-state index is -0.512. The minimum Gasteiger partial charge on any atom is -0.469 e. The predicted octanol–water partition coefficient (Wildman–Crippen LogP) is 3.80. The molecule has 0 saturated carbocycles. The number of hydrogen-bond donors (Lipinski definition) is 0. The van der Waals surface area contributed by atoms with E-state index in [2.05, 4.69) is 0 Å². The number of carbonyl (C=O) groups is 2. The number of ether oxygens (including phenoxy) is 2. The van der Waals surface area contributed by atoms with E-state index in [4.69, 9.17) is 9.47 Å². The zero-order valence-electron chi connectivity index (χ0n) is 15.6. The molecule has 0 aliphatic heterocycles. The molecule has 1 rings (SSSR count). The fourth-order valence-corrected chi connectivity index (χ4v) is 2.38. The Balaban J connectivity index is 2.74. The SMILES string of the molecule is CCC(Cc1cccc(CN(C)C(=O)OC(C)(C)C)c1)C(=O)OC. The van der Waals surface area contributed by atoms with Gasteiger partial charge in [-0.15, -0.1) is 0 Å². The van der Waals surface area contributed by atoms with Crippen LogP contribution in [0.1, 0.15) is 45.2 Å². The van der Waals surface area contributed by atoms with Gasteiger partial charge in [-0.3, -0.25) is 4.79 Å². The summed E-state index contributed by atoms with van der Waals surface area (Å²) < 4.78 is 10.2. The van der Waals surface area contributed by atoms with Crippen molar-refractivity contribution in [1.29, 1.82) is 0 Å². The van der Waals surface area contributed by atoms with E-state index in [0.29, 0.717) is 13.0 Å². The lowest BCUT2D eigenvalue weighted by Gasteiger charge is -2.24. The summed E-state index contributed by atoms with van der Waals surface area (Å²) in [7, 11) is 3.13. The van der Waals surface area contributed by atoms with E-state index in [1.54, 1.807) is 11.9 Å². The third-order valence-electron chi connectivity index (χ3n) is 3.63. The fraction of sp³-hybridized carbons (Fsp3) is 0.579. The van der Waals surface area contributed by atoms with Gasteiger partial charge in [-0.1, -0.05) is 31.2 Å². The number of hydrogen-bond acceptors (Lipinski definition) is 4. The Bertz CT molecular complexity index is 563. The van der Waals surface area contributed by atoms with Gasteiger partial charge >= 0.3 is 12.1 Å². The highest BCUT2D eigenvalue weighted by Gasteiger charge is 2.20. The molecule has 1 atom stereocenters. The smallest absolute Gasteiger partial charge is 0.410 e. The van der Waals surface area contributed by atoms with E-state index >= 15 is 0 Å². The summed E-state index contributed by atoms with van der Waals surface area (Å²) in [6, 6.07) is 7.91. The van der Waals surface area contributed by atoms with Crippen molar-refractivity contribution >= 4 is 12.1 Å². The Morgan fingerprint density at radius 2 is 1.83 bits per heavy atom. The quantitative estimate of drug-likeness (QED) is 0.742. The summed E-state index contributed by atoms with van der Waals surface area (Å²) in [6.07, 6.45) is 1.01. The van der Waals surface area contributed by atoms with Gasteiger partial charge in [0.2, 0.25) is 0 Å². The number of methoxy groups -OCH3 is 1. The molecule has 0 N–H and O–H groups in total. The second-order valence-electron chi connectivity index (χ2n) is 6.99. The third-order valence-corrected chi connectivity index (χ3v) is 3.63. The lowest BCUT2D eigenvalue weighted by molar-refractivity contribution is -0.145. The Morgan fingerprint density at radius 1 is 1.21 bits per heavy atom. The van der Waals surface area contributed by atoms with Crippen LogP contribution in [0.25, 0.3) is 0 Å². The summed E-state index contributed by atoms with van der Waals surface area (Å²) in [5.74, 6) is -0.331. The first kappa shape index (κ1) is 20.0. The molecular formula is C19H29NO4. The van der Waals surface area contributed by atoms with Gasteiger partial charge in [0.25, 0.3) is 0 Å². The maximum absolute atomic E-state index is 12.0. The molecule has 24 heavy (non-hydrogen) atoms. The summed E-state index contributed by atoms with van der Waals surface area (Å²) in [4.78, 5) is 25.3. The summed E-state index contributed by atoms with van der Waals surface area (Å²) in [6.45, 7) is 7.96. The van der Waals surface area contributed by atoms with Crippen LogP contribution in [0.3, 0.4) is 0 Å². The Hall–Kier alpha value is -2.04. The zero-order chi connectivity index (χ0) is 18.3. The number of nitrogens with zero attached hydrogens (tertiary/aromatic N) is 1. The van der Waals surface area contributed by atoms with Crippen LogP contribution in [-0.4, -0.2) is 36.7 Å². The number of esters is 1. The molecule has 1 amide bonds. The minimum absolute atomic E-state index is 0.145. The first-order chi connectivity index (χ1) is 11.2. The van der Waals surface area contributed by atoms with Crippen molar-refractivity contribution < 1.29 is 19.1 Å². The molecule has 134 valence electrons. The third kappa shape index (κ3) is 6.60. The molecule has 0 heterocycles. The van der Waals surface area contributed by atoms with Crippen LogP contribution in [0.5, 0.6) is 0 Å². The number of amides is 1. The molecule has 1 aromatic carbocycles. The van der Waals surface area contributed by atoms with Gasteiger partial charge in [0.1, 0.15) is 5.60 Å². The number of benzene rings is 1. The molecular weight excluding hydrogens is 306 g/mol. The number of rotatable bonds is 6. The topological polar surface area (TPSA) is 55.8 Å². The van der Waals surface area contributed by atoms with Crippen LogP contribution in [0, 0.1) is 5.92 Å². The maximum Gasteiger partial charge on any atom is 0.410 e. The highest BCUT2D eigenvalue weighted by Crippen LogP contribution is 2.17. The first-order valence-electron chi connectivity index (χ1n) is 8.26. The second-order valence-corrected chi connectivity index (χ2v) is 6.99. The second kappa shape index (κ2) is 8.71. The monoisotopic (exact) mass is 335 g/mol. The van der Waals surface area contributed by atoms with Gasteiger partial charge in [0, 0.05) is 13.6 Å². The van der Waals surface area contributed by atoms with Gasteiger partial charge in [0.15, 0.2) is 0 Å². The molecule has 0 fully saturated rings. The van der Waals surface area contributed by atoms with Crippen LogP contribution >= 0.6 is 0 Å². The normalized spacial score (nSPS) is 12.4. The molecule has 0 radical (unpaired) electrons. The van der Waals surface area contributed by atoms with Gasteiger partial charge in [-0.25, -0.2) is 4.79 Å². The zero-order valence-corrected chi connectivity index (χ0v) is 15.6. The van der Waals surface area contributed by atoms with Crippen molar-refractivity contribution in [3.05, 3.63) is 35.4 Å². The van der Waals surface area contributed by atoms with Crippen molar-refractivity contribution in [3.63, 3.8) is 0 Å². The lowest BCUT2D eigenvalue weighted by Crippen LogP contribution is -2.33. The highest BCUT2D eigenvalue weighted by atomic mass is 16.6. The molecule has 0 bridgehead atoms. The van der Waals surface area contributed by atoms with Crippen LogP contribution in [0.4, 0.5) is 4.79 Å². The Morgan fingerprint density at radius 3 is 2.38 bits per heavy atom. The van der Waals surface area contributed by atoms with Gasteiger partial charge in [-0.05, 0) is 44.7 Å². The predicted molar refractivity (Wildman–Crippen MR) is 93.6 cm³/mol. The van der Waals surface area contributed by atoms with Gasteiger partial charge < -0.3 is 14.4 Å². The van der Waals surface area contributed by atoms with E-state index in [1.807, 2.05) is 52.0 Å². The van der Waals surface area contributed by atoms with Crippen molar-refractivity contribution in [1.82, 2.24) is 4.90 Å². The Labute approximate surface area is 144 Å². The van der Waals surface area contributed by atoms with Crippen molar-refractivity contribution in [2.24, 2.45) is 5.92 Å². The van der Waals surface area contributed by atoms with Crippen LogP contribution < -0.4 is 0 Å². The van der Waals surface area contributed by atoms with Crippen LogP contribution in [0.15, 0.2) is 24.3 Å². The van der Waals surface area contributed by atoms with E-state index < -0.39 is 5.60 Å². The largest absolute Gasteiger partial charge is 0.469 e. The molecule has 0 aromatic heterocycles. The van der Waals surface area contributed by atoms with E-state index in [9.17, 15) is 9.59 Å². The van der Waals surface area contributed by atoms with Crippen LogP contribution in [-0.2, 0) is 27.2 Å². The number of carbonyl (C=O) groups excluding carboxylic acids is 2. The van der Waals surface area contributed by atoms with E-state index in [1.165, 1.54) is 7.11 Å². The van der Waals surface area contributed by atoms with Gasteiger partial charge in [-0.2, -0.15) is 0 Å². The molecule has 1 aromatic rings. The summed E-state index contributed by atoms with van der Waals surface area (Å²) >= 11 is 0. The molecule has 0 aliphatic carbocycles. The first-order valence-corrected chi connectivity index (χ1v) is 8.26. The van der Waals surface area contributed by atoms with E-state index in [-0.39, 0.29) is 18.0 Å². The maximum atomic E-state index is 12.0. The van der Waals surface area contributed by atoms with Crippen LogP contribution in [0.2, 0.25) is 0 Å². The summed E-state index contributed by atoms with van der Waals surface area (Å²) in [5.41, 5.74) is 1.55. The molecule has 0 aliphatic rings. The Kier molecular flexibility index (Phi) is 7.26. The molecule has 0 saturated heterocycles. The van der Waals surface area contributed by atoms with E-state index in [0.717, 1.165) is 17.5 Å². The lowest BCUT2D eigenvalue weighted by atomic mass is 9.96. The average Bonchev–Trinajstić information content (AvgIpc) is 2.50. The van der Waals surface area contributed by atoms with Crippen molar-refractivity contribution in [3.8, 4) is 0 Å². The standard InChI is InChI=1S/C19H29NO4/c1-7-16(17(21)23-6)12-14-9-8-10-15(11-14)13-20(5)18(22)24-19(2,3)4/h8-11,16H,7,12-13H2,1-6H3. The molecule has 0 spiro atoms. The highest BCUT2D eigenvalue weighted by molar-refractivity contribution is 5.72. The molecule has 5 nitrogen and oxygen atoms in total. The van der Waals surface area contributed by atoms with Crippen molar-refractivity contribution in [2.45, 2.75) is 52.7 Å². The fourth-order valence-electron chi connectivity index (χ4n) is 2.38. The molecule has 1 unspecified atom stereocenters. The molecule has 5 heteroatoms. The van der Waals surface area contributed by atoms with Gasteiger partial charge in [0.05, 0.1) is 13.0 Å². The van der Waals surface area contributed by atoms with Crippen molar-refractivity contribution in [2.75, 3.05) is 14.2 Å². The summed E-state index contributed by atoms with van der Waals surface area (Å²) in [5, 5.41) is 0. The average molecular weight is 335 g/mol.